The maximum atomic E-state index is 3.35. The highest BCUT2D eigenvalue weighted by Crippen LogP contribution is 2.15. The zero-order chi connectivity index (χ0) is 28.2. The Bertz CT molecular complexity index is 507. The van der Waals surface area contributed by atoms with Crippen LogP contribution in [-0.2, 0) is 0 Å². The van der Waals surface area contributed by atoms with Gasteiger partial charge in [-0.15, -0.1) is 0 Å². The molecular formula is C38H71P. The van der Waals surface area contributed by atoms with E-state index in [1.807, 2.05) is 0 Å². The smallest absolute Gasteiger partial charge is 0.0358 e. The van der Waals surface area contributed by atoms with Gasteiger partial charge in [0.2, 0.25) is 0 Å². The molecule has 0 N–H and O–H groups in total. The molecule has 0 aliphatic rings. The summed E-state index contributed by atoms with van der Waals surface area (Å²) in [6.07, 6.45) is 45.0. The van der Waals surface area contributed by atoms with E-state index >= 15 is 0 Å². The first-order chi connectivity index (χ1) is 19.4. The minimum absolute atomic E-state index is 0.532. The molecule has 0 aromatic carbocycles. The van der Waals surface area contributed by atoms with E-state index in [9.17, 15) is 0 Å². The van der Waals surface area contributed by atoms with Crippen LogP contribution in [0.1, 0.15) is 219 Å². The molecule has 0 aliphatic carbocycles. The predicted molar refractivity (Wildman–Crippen MR) is 183 cm³/mol. The maximum absolute atomic E-state index is 3.35. The van der Waals surface area contributed by atoms with Gasteiger partial charge in [0.05, 0.1) is 0 Å². The van der Waals surface area contributed by atoms with Crippen LogP contribution >= 0.6 is 8.58 Å². The first-order valence-electron chi connectivity index (χ1n) is 18.1. The van der Waals surface area contributed by atoms with E-state index in [4.69, 9.17) is 0 Å². The van der Waals surface area contributed by atoms with Crippen molar-refractivity contribution in [2.24, 2.45) is 0 Å². The Hall–Kier alpha value is -0.450. The number of hydrogen-bond acceptors (Lipinski definition) is 0. The second-order valence-electron chi connectivity index (χ2n) is 12.1. The topological polar surface area (TPSA) is 0 Å². The fourth-order valence-electron chi connectivity index (χ4n) is 5.41. The van der Waals surface area contributed by atoms with E-state index in [0.717, 1.165) is 12.8 Å². The molecule has 0 amide bonds. The molecule has 0 aromatic heterocycles. The van der Waals surface area contributed by atoms with Gasteiger partial charge in [0.25, 0.3) is 0 Å². The Morgan fingerprint density at radius 3 is 0.718 bits per heavy atom. The van der Waals surface area contributed by atoms with Crippen molar-refractivity contribution in [3.05, 3.63) is 0 Å². The van der Waals surface area contributed by atoms with Crippen LogP contribution in [0, 0.1) is 23.2 Å². The highest BCUT2D eigenvalue weighted by Gasteiger charge is 1.95. The third kappa shape index (κ3) is 37.5. The largest absolute Gasteiger partial charge is 0.0979 e. The summed E-state index contributed by atoms with van der Waals surface area (Å²) in [6.45, 7) is 4.60. The molecule has 0 radical (unpaired) electrons. The van der Waals surface area contributed by atoms with Gasteiger partial charge in [-0.25, -0.2) is 0 Å². The third-order valence-electron chi connectivity index (χ3n) is 8.11. The Morgan fingerprint density at radius 2 is 0.487 bits per heavy atom. The van der Waals surface area contributed by atoms with Crippen LogP contribution < -0.4 is 0 Å². The zero-order valence-corrected chi connectivity index (χ0v) is 28.1. The van der Waals surface area contributed by atoms with Crippen LogP contribution in [0.3, 0.4) is 0 Å². The molecule has 0 unspecified atom stereocenters. The third-order valence-corrected chi connectivity index (χ3v) is 8.72. The molecular weight excluding hydrogens is 487 g/mol. The van der Waals surface area contributed by atoms with Crippen LogP contribution in [0.15, 0.2) is 0 Å². The van der Waals surface area contributed by atoms with Crippen LogP contribution in [0.4, 0.5) is 0 Å². The van der Waals surface area contributed by atoms with Crippen LogP contribution in [0.2, 0.25) is 0 Å². The fraction of sp³-hybridized carbons (Fsp3) is 0.895. The van der Waals surface area contributed by atoms with Gasteiger partial charge < -0.3 is 0 Å². The summed E-state index contributed by atoms with van der Waals surface area (Å²) < 4.78 is 0. The zero-order valence-electron chi connectivity index (χ0n) is 27.1. The van der Waals surface area contributed by atoms with Gasteiger partial charge in [0.1, 0.15) is 0 Å². The predicted octanol–water partition coefficient (Wildman–Crippen LogP) is 14.1. The summed E-state index contributed by atoms with van der Waals surface area (Å²) in [5.74, 6) is 6.70. The SMILES string of the molecule is CCCCCCCCCCCCCCCCCC#CPC#CCCCCCCCCCCCCCCCCC. The first kappa shape index (κ1) is 38.5. The standard InChI is InChI=1S/C38H71P/c1-3-5-7-9-11-13-15-17-19-21-23-25-27-29-31-33-35-37-39-38-36-34-32-30-28-26-24-22-20-18-16-14-12-10-8-6-4-2/h39H,3-34H2,1-2H3. The van der Waals surface area contributed by atoms with Gasteiger partial charge in [-0.3, -0.25) is 0 Å². The molecule has 0 aromatic rings. The van der Waals surface area contributed by atoms with Gasteiger partial charge in [-0.1, -0.05) is 217 Å². The second-order valence-corrected chi connectivity index (χ2v) is 12.9. The molecule has 0 heterocycles. The highest BCUT2D eigenvalue weighted by molar-refractivity contribution is 7.49. The van der Waals surface area contributed by atoms with Crippen LogP contribution in [0.25, 0.3) is 0 Å². The van der Waals surface area contributed by atoms with E-state index in [2.05, 4.69) is 37.0 Å². The Labute approximate surface area is 250 Å². The first-order valence-corrected chi connectivity index (χ1v) is 19.1. The molecule has 0 saturated carbocycles. The van der Waals surface area contributed by atoms with Crippen molar-refractivity contribution in [1.82, 2.24) is 0 Å². The lowest BCUT2D eigenvalue weighted by atomic mass is 10.0. The van der Waals surface area contributed by atoms with Crippen molar-refractivity contribution in [1.29, 1.82) is 0 Å². The van der Waals surface area contributed by atoms with Crippen molar-refractivity contribution >= 4 is 8.58 Å². The summed E-state index contributed by atoms with van der Waals surface area (Å²) in [5.41, 5.74) is 6.59. The summed E-state index contributed by atoms with van der Waals surface area (Å²) in [4.78, 5) is 0. The lowest BCUT2D eigenvalue weighted by Crippen LogP contribution is -1.83. The van der Waals surface area contributed by atoms with Gasteiger partial charge in [-0.2, -0.15) is 0 Å². The minimum Gasteiger partial charge on any atom is -0.0979 e. The van der Waals surface area contributed by atoms with E-state index in [0.29, 0.717) is 8.58 Å². The Morgan fingerprint density at radius 1 is 0.282 bits per heavy atom. The van der Waals surface area contributed by atoms with E-state index in [1.165, 1.54) is 193 Å². The quantitative estimate of drug-likeness (QED) is 0.0467. The average Bonchev–Trinajstić information content (AvgIpc) is 2.95. The molecule has 0 bridgehead atoms. The monoisotopic (exact) mass is 559 g/mol. The van der Waals surface area contributed by atoms with E-state index in [-0.39, 0.29) is 0 Å². The summed E-state index contributed by atoms with van der Waals surface area (Å²) in [5, 5.41) is 0. The maximum Gasteiger partial charge on any atom is 0.0358 e. The molecule has 0 saturated heterocycles. The van der Waals surface area contributed by atoms with Crippen LogP contribution in [0.5, 0.6) is 0 Å². The van der Waals surface area contributed by atoms with Crippen LogP contribution in [-0.4, -0.2) is 0 Å². The molecule has 0 fully saturated rings. The van der Waals surface area contributed by atoms with Gasteiger partial charge >= 0.3 is 0 Å². The van der Waals surface area contributed by atoms with Gasteiger partial charge in [0, 0.05) is 21.4 Å². The molecule has 39 heavy (non-hydrogen) atoms. The number of unbranched alkanes of at least 4 members (excludes halogenated alkanes) is 30. The Balaban J connectivity index is 3.19. The van der Waals surface area contributed by atoms with Crippen molar-refractivity contribution in [2.75, 3.05) is 0 Å². The summed E-state index contributed by atoms with van der Waals surface area (Å²) in [7, 11) is 0.532. The summed E-state index contributed by atoms with van der Waals surface area (Å²) >= 11 is 0. The average molecular weight is 559 g/mol. The molecule has 0 spiro atoms. The van der Waals surface area contributed by atoms with Crippen molar-refractivity contribution < 1.29 is 0 Å². The summed E-state index contributed by atoms with van der Waals surface area (Å²) in [6, 6.07) is 0. The fourth-order valence-corrected chi connectivity index (χ4v) is 5.90. The molecule has 0 nitrogen and oxygen atoms in total. The normalized spacial score (nSPS) is 10.7. The van der Waals surface area contributed by atoms with Crippen molar-refractivity contribution in [3.8, 4) is 23.2 Å². The Kier molecular flexibility index (Phi) is 37.1. The number of hydrogen-bond donors (Lipinski definition) is 0. The molecule has 1 heteroatoms. The minimum atomic E-state index is 0.532. The lowest BCUT2D eigenvalue weighted by molar-refractivity contribution is 0.533. The highest BCUT2D eigenvalue weighted by atomic mass is 31.1. The van der Waals surface area contributed by atoms with Gasteiger partial charge in [-0.05, 0) is 12.8 Å². The molecule has 0 aliphatic heterocycles. The second kappa shape index (κ2) is 37.6. The van der Waals surface area contributed by atoms with Crippen molar-refractivity contribution in [2.45, 2.75) is 219 Å². The van der Waals surface area contributed by atoms with E-state index < -0.39 is 0 Å². The van der Waals surface area contributed by atoms with Gasteiger partial charge in [0.15, 0.2) is 0 Å². The molecule has 228 valence electrons. The molecule has 0 atom stereocenters. The lowest BCUT2D eigenvalue weighted by Gasteiger charge is -2.03. The number of rotatable bonds is 30. The van der Waals surface area contributed by atoms with E-state index in [1.54, 1.807) is 0 Å². The molecule has 0 rings (SSSR count). The van der Waals surface area contributed by atoms with Crippen molar-refractivity contribution in [3.63, 3.8) is 0 Å².